The molecule has 1 atom stereocenters. The van der Waals surface area contributed by atoms with Gasteiger partial charge >= 0.3 is 0 Å². The number of nitrogens with one attached hydrogen (secondary N) is 1. The number of ether oxygens (including phenoxy) is 2. The van der Waals surface area contributed by atoms with Crippen molar-refractivity contribution in [1.82, 2.24) is 10.2 Å². The van der Waals surface area contributed by atoms with Crippen LogP contribution in [0.5, 0.6) is 5.75 Å². The van der Waals surface area contributed by atoms with Gasteiger partial charge in [0.2, 0.25) is 5.91 Å². The molecule has 2 amide bonds. The molecule has 2 aliphatic heterocycles. The average Bonchev–Trinajstić information content (AvgIpc) is 3.16. The molecule has 0 spiro atoms. The standard InChI is InChI=1S/C18H24N2O4/c1-23-15-6-3-2-5-14(15)18(22)20-10-8-13(9-11-20)19-17(21)16-7-4-12-24-16/h2-3,5-6,13,16H,4,7-12H2,1H3,(H,19,21). The van der Waals surface area contributed by atoms with Crippen molar-refractivity contribution in [3.8, 4) is 5.75 Å². The number of methoxy groups -OCH3 is 1. The van der Waals surface area contributed by atoms with Crippen LogP contribution in [-0.2, 0) is 9.53 Å². The van der Waals surface area contributed by atoms with Gasteiger partial charge in [-0.1, -0.05) is 12.1 Å². The summed E-state index contributed by atoms with van der Waals surface area (Å²) in [4.78, 5) is 26.6. The molecular formula is C18H24N2O4. The van der Waals surface area contributed by atoms with E-state index in [1.54, 1.807) is 19.2 Å². The number of para-hydroxylation sites is 1. The van der Waals surface area contributed by atoms with Gasteiger partial charge < -0.3 is 19.7 Å². The molecule has 24 heavy (non-hydrogen) atoms. The van der Waals surface area contributed by atoms with Crippen LogP contribution in [0.2, 0.25) is 0 Å². The lowest BCUT2D eigenvalue weighted by atomic mass is 10.0. The molecule has 6 nitrogen and oxygen atoms in total. The van der Waals surface area contributed by atoms with Crippen LogP contribution < -0.4 is 10.1 Å². The Balaban J connectivity index is 1.53. The van der Waals surface area contributed by atoms with Crippen LogP contribution in [0.1, 0.15) is 36.0 Å². The monoisotopic (exact) mass is 332 g/mol. The fourth-order valence-corrected chi connectivity index (χ4v) is 3.30. The Hall–Kier alpha value is -2.08. The fourth-order valence-electron chi connectivity index (χ4n) is 3.30. The second-order valence-corrected chi connectivity index (χ2v) is 6.28. The van der Waals surface area contributed by atoms with Crippen molar-refractivity contribution in [1.29, 1.82) is 0 Å². The molecule has 0 radical (unpaired) electrons. The molecular weight excluding hydrogens is 308 g/mol. The van der Waals surface area contributed by atoms with E-state index in [4.69, 9.17) is 9.47 Å². The van der Waals surface area contributed by atoms with Gasteiger partial charge in [0.25, 0.3) is 5.91 Å². The zero-order chi connectivity index (χ0) is 16.9. The summed E-state index contributed by atoms with van der Waals surface area (Å²) in [7, 11) is 1.57. The van der Waals surface area contributed by atoms with Crippen molar-refractivity contribution in [2.45, 2.75) is 37.8 Å². The number of rotatable bonds is 4. The zero-order valence-corrected chi connectivity index (χ0v) is 14.0. The number of likely N-dealkylation sites (tertiary alicyclic amines) is 1. The lowest BCUT2D eigenvalue weighted by Gasteiger charge is -2.33. The maximum atomic E-state index is 12.7. The molecule has 130 valence electrons. The van der Waals surface area contributed by atoms with E-state index in [2.05, 4.69) is 5.32 Å². The Kier molecular flexibility index (Phi) is 5.35. The van der Waals surface area contributed by atoms with Crippen LogP contribution >= 0.6 is 0 Å². The van der Waals surface area contributed by atoms with Gasteiger partial charge in [0.1, 0.15) is 11.9 Å². The van der Waals surface area contributed by atoms with Gasteiger partial charge in [-0.3, -0.25) is 9.59 Å². The van der Waals surface area contributed by atoms with Gasteiger partial charge in [-0.05, 0) is 37.8 Å². The van der Waals surface area contributed by atoms with Crippen LogP contribution in [-0.4, -0.2) is 55.7 Å². The molecule has 3 rings (SSSR count). The number of amides is 2. The number of hydrogen-bond donors (Lipinski definition) is 1. The summed E-state index contributed by atoms with van der Waals surface area (Å²) in [6.45, 7) is 1.94. The van der Waals surface area contributed by atoms with Gasteiger partial charge in [0.05, 0.1) is 12.7 Å². The molecule has 1 unspecified atom stereocenters. The highest BCUT2D eigenvalue weighted by Crippen LogP contribution is 2.22. The highest BCUT2D eigenvalue weighted by Gasteiger charge is 2.29. The topological polar surface area (TPSA) is 67.9 Å². The van der Waals surface area contributed by atoms with Crippen LogP contribution in [0.15, 0.2) is 24.3 Å². The summed E-state index contributed by atoms with van der Waals surface area (Å²) in [6.07, 6.45) is 2.98. The predicted octanol–water partition coefficient (Wildman–Crippen LogP) is 1.59. The molecule has 0 aromatic heterocycles. The van der Waals surface area contributed by atoms with E-state index in [9.17, 15) is 9.59 Å². The van der Waals surface area contributed by atoms with E-state index in [0.717, 1.165) is 25.7 Å². The lowest BCUT2D eigenvalue weighted by Crippen LogP contribution is -2.48. The number of piperidine rings is 1. The Morgan fingerprint density at radius 1 is 1.21 bits per heavy atom. The summed E-state index contributed by atoms with van der Waals surface area (Å²) in [5.41, 5.74) is 0.585. The third kappa shape index (κ3) is 3.70. The summed E-state index contributed by atoms with van der Waals surface area (Å²) < 4.78 is 10.7. The molecule has 2 heterocycles. The first-order valence-corrected chi connectivity index (χ1v) is 8.53. The van der Waals surface area contributed by atoms with Gasteiger partial charge in [0.15, 0.2) is 0 Å². The van der Waals surface area contributed by atoms with E-state index in [1.807, 2.05) is 17.0 Å². The molecule has 2 fully saturated rings. The first-order valence-electron chi connectivity index (χ1n) is 8.53. The number of carbonyl (C=O) groups is 2. The second kappa shape index (κ2) is 7.66. The van der Waals surface area contributed by atoms with E-state index in [0.29, 0.717) is 31.0 Å². The molecule has 1 N–H and O–H groups in total. The molecule has 0 saturated carbocycles. The largest absolute Gasteiger partial charge is 0.496 e. The maximum absolute atomic E-state index is 12.7. The first-order chi connectivity index (χ1) is 11.7. The quantitative estimate of drug-likeness (QED) is 0.909. The number of nitrogens with zero attached hydrogens (tertiary/aromatic N) is 1. The van der Waals surface area contributed by atoms with Crippen molar-refractivity contribution in [2.75, 3.05) is 26.8 Å². The molecule has 1 aromatic rings. The van der Waals surface area contributed by atoms with E-state index in [1.165, 1.54) is 0 Å². The lowest BCUT2D eigenvalue weighted by molar-refractivity contribution is -0.131. The predicted molar refractivity (Wildman–Crippen MR) is 89.0 cm³/mol. The Morgan fingerprint density at radius 2 is 1.96 bits per heavy atom. The Morgan fingerprint density at radius 3 is 2.62 bits per heavy atom. The third-order valence-corrected chi connectivity index (χ3v) is 4.69. The van der Waals surface area contributed by atoms with E-state index in [-0.39, 0.29) is 24.0 Å². The molecule has 0 aliphatic carbocycles. The van der Waals surface area contributed by atoms with Gasteiger partial charge in [-0.2, -0.15) is 0 Å². The highest BCUT2D eigenvalue weighted by molar-refractivity contribution is 5.97. The van der Waals surface area contributed by atoms with Crippen molar-refractivity contribution in [3.05, 3.63) is 29.8 Å². The minimum absolute atomic E-state index is 0.0120. The third-order valence-electron chi connectivity index (χ3n) is 4.69. The minimum Gasteiger partial charge on any atom is -0.496 e. The number of benzene rings is 1. The van der Waals surface area contributed by atoms with Crippen LogP contribution in [0.25, 0.3) is 0 Å². The normalized spacial score (nSPS) is 21.5. The van der Waals surface area contributed by atoms with Gasteiger partial charge in [-0.25, -0.2) is 0 Å². The first kappa shape index (κ1) is 16.8. The average molecular weight is 332 g/mol. The van der Waals surface area contributed by atoms with Crippen molar-refractivity contribution in [3.63, 3.8) is 0 Å². The fraction of sp³-hybridized carbons (Fsp3) is 0.556. The van der Waals surface area contributed by atoms with Crippen molar-refractivity contribution in [2.24, 2.45) is 0 Å². The maximum Gasteiger partial charge on any atom is 0.257 e. The molecule has 0 bridgehead atoms. The van der Waals surface area contributed by atoms with Crippen molar-refractivity contribution >= 4 is 11.8 Å². The van der Waals surface area contributed by atoms with E-state index >= 15 is 0 Å². The summed E-state index contributed by atoms with van der Waals surface area (Å²) in [5, 5.41) is 3.06. The second-order valence-electron chi connectivity index (χ2n) is 6.28. The van der Waals surface area contributed by atoms with Gasteiger partial charge in [0, 0.05) is 25.7 Å². The highest BCUT2D eigenvalue weighted by atomic mass is 16.5. The molecule has 2 saturated heterocycles. The van der Waals surface area contributed by atoms with Gasteiger partial charge in [-0.15, -0.1) is 0 Å². The molecule has 2 aliphatic rings. The van der Waals surface area contributed by atoms with Crippen LogP contribution in [0.4, 0.5) is 0 Å². The summed E-state index contributed by atoms with van der Waals surface area (Å²) in [5.74, 6) is 0.565. The Labute approximate surface area is 142 Å². The minimum atomic E-state index is -0.293. The summed E-state index contributed by atoms with van der Waals surface area (Å²) in [6, 6.07) is 7.38. The number of carbonyl (C=O) groups excluding carboxylic acids is 2. The summed E-state index contributed by atoms with van der Waals surface area (Å²) >= 11 is 0. The van der Waals surface area contributed by atoms with Crippen LogP contribution in [0.3, 0.4) is 0 Å². The molecule has 1 aromatic carbocycles. The van der Waals surface area contributed by atoms with Crippen molar-refractivity contribution < 1.29 is 19.1 Å². The SMILES string of the molecule is COc1ccccc1C(=O)N1CCC(NC(=O)C2CCCO2)CC1. The smallest absolute Gasteiger partial charge is 0.257 e. The molecule has 6 heteroatoms. The van der Waals surface area contributed by atoms with E-state index < -0.39 is 0 Å². The zero-order valence-electron chi connectivity index (χ0n) is 14.0. The number of hydrogen-bond acceptors (Lipinski definition) is 4. The Bertz CT molecular complexity index is 590. The van der Waals surface area contributed by atoms with Crippen LogP contribution in [0, 0.1) is 0 Å².